The minimum absolute atomic E-state index is 0. The predicted molar refractivity (Wildman–Crippen MR) is 272 cm³/mol. The van der Waals surface area contributed by atoms with Crippen LogP contribution < -0.4 is 24.8 Å². The molecule has 2 aliphatic carbocycles. The van der Waals surface area contributed by atoms with E-state index in [2.05, 4.69) is 224 Å². The first-order valence-electron chi connectivity index (χ1n) is 22.7. The van der Waals surface area contributed by atoms with Gasteiger partial charge in [0.1, 0.15) is 0 Å². The molecule has 0 heterocycles. The maximum absolute atomic E-state index is 3.78. The van der Waals surface area contributed by atoms with Gasteiger partial charge in [-0.15, -0.1) is 58.7 Å². The topological polar surface area (TPSA) is 0 Å². The molecule has 10 aromatic rings. The molecule has 0 N–H and O–H groups in total. The second-order valence-electron chi connectivity index (χ2n) is 18.2. The zero-order chi connectivity index (χ0) is 43.6. The fourth-order valence-corrected chi connectivity index (χ4v) is 11.1. The number of aryl methyl sites for hydroxylation is 6. The van der Waals surface area contributed by atoms with Crippen molar-refractivity contribution in [3.05, 3.63) is 238 Å². The molecule has 67 heavy (non-hydrogen) atoms. The van der Waals surface area contributed by atoms with E-state index < -0.39 is 0 Å². The largest absolute Gasteiger partial charge is 4.00 e. The van der Waals surface area contributed by atoms with Gasteiger partial charge in [-0.25, -0.2) is 0 Å². The van der Waals surface area contributed by atoms with Gasteiger partial charge in [0.2, 0.25) is 0 Å². The molecule has 10 aromatic carbocycles. The van der Waals surface area contributed by atoms with Crippen molar-refractivity contribution >= 4 is 21.5 Å². The van der Waals surface area contributed by atoms with Gasteiger partial charge < -0.3 is 24.8 Å². The molecule has 324 valence electrons. The maximum atomic E-state index is 3.78. The van der Waals surface area contributed by atoms with Crippen molar-refractivity contribution in [1.29, 1.82) is 0 Å². The van der Waals surface area contributed by atoms with Crippen LogP contribution in [0.5, 0.6) is 0 Å². The first-order chi connectivity index (χ1) is 31.2. The van der Waals surface area contributed by atoms with Gasteiger partial charge in [0, 0.05) is 0 Å². The molecule has 0 saturated heterocycles. The van der Waals surface area contributed by atoms with Crippen LogP contribution in [-0.4, -0.2) is 0 Å². The molecule has 12 rings (SSSR count). The molecule has 0 aliphatic heterocycles. The van der Waals surface area contributed by atoms with Crippen molar-refractivity contribution in [2.24, 2.45) is 0 Å². The number of fused-ring (bicyclic) bond motifs is 8. The third kappa shape index (κ3) is 8.79. The van der Waals surface area contributed by atoms with Crippen molar-refractivity contribution < 1.29 is 50.7 Å². The molecule has 2 aliphatic rings. The zero-order valence-electron chi connectivity index (χ0n) is 38.8. The first-order valence-corrected chi connectivity index (χ1v) is 22.7. The van der Waals surface area contributed by atoms with Gasteiger partial charge in [-0.05, 0) is 115 Å². The van der Waals surface area contributed by atoms with Crippen molar-refractivity contribution in [1.82, 2.24) is 0 Å². The Kier molecular flexibility index (Phi) is 13.8. The molecular formula is C64H50Cl2Hf. The van der Waals surface area contributed by atoms with Gasteiger partial charge in [0.05, 0.1) is 0 Å². The SMILES string of the molecule is Cc1cc(C)c(-c2[c-]c3c(cc2)-c2ccc(-c4c(C)cc(C)cc4C)cc2C3)c(C)c1.[Cl-].[Cl-].[Hf+4].[c-]1c(-c2cccc3ccccc23)ccc2c1Cc1cc(-c3cccc4ccccc34)ccc1-2. The van der Waals surface area contributed by atoms with E-state index in [0.29, 0.717) is 0 Å². The smallest absolute Gasteiger partial charge is 1.00 e. The molecule has 0 fully saturated rings. The summed E-state index contributed by atoms with van der Waals surface area (Å²) in [7, 11) is 0. The molecule has 0 unspecified atom stereocenters. The normalized spacial score (nSPS) is 11.6. The Hall–Kier alpha value is -5.83. The fourth-order valence-electron chi connectivity index (χ4n) is 11.1. The van der Waals surface area contributed by atoms with Gasteiger partial charge in [-0.1, -0.05) is 207 Å². The summed E-state index contributed by atoms with van der Waals surface area (Å²) < 4.78 is 0. The van der Waals surface area contributed by atoms with Gasteiger partial charge in [-0.2, -0.15) is 0 Å². The second-order valence-corrected chi connectivity index (χ2v) is 18.2. The van der Waals surface area contributed by atoms with Crippen LogP contribution in [0.15, 0.2) is 170 Å². The Morgan fingerprint density at radius 2 is 0.761 bits per heavy atom. The monoisotopic (exact) mass is 1070 g/mol. The van der Waals surface area contributed by atoms with E-state index in [4.69, 9.17) is 0 Å². The molecule has 0 spiro atoms. The van der Waals surface area contributed by atoms with Crippen LogP contribution >= 0.6 is 0 Å². The average molecular weight is 1070 g/mol. The van der Waals surface area contributed by atoms with E-state index in [-0.39, 0.29) is 50.7 Å². The van der Waals surface area contributed by atoms with E-state index in [9.17, 15) is 0 Å². The molecule has 0 bridgehead atoms. The molecule has 0 radical (unpaired) electrons. The van der Waals surface area contributed by atoms with Crippen LogP contribution in [0.3, 0.4) is 0 Å². The summed E-state index contributed by atoms with van der Waals surface area (Å²) in [5.41, 5.74) is 29.1. The molecule has 0 aromatic heterocycles. The minimum atomic E-state index is 0. The molecule has 0 atom stereocenters. The molecule has 3 heteroatoms. The first kappa shape index (κ1) is 47.7. The Labute approximate surface area is 427 Å². The number of hydrogen-bond donors (Lipinski definition) is 0. The molecular weight excluding hydrogens is 1020 g/mol. The summed E-state index contributed by atoms with van der Waals surface area (Å²) in [5.74, 6) is 0. The van der Waals surface area contributed by atoms with Gasteiger partial charge >= 0.3 is 25.8 Å². The van der Waals surface area contributed by atoms with Crippen molar-refractivity contribution in [2.45, 2.75) is 54.4 Å². The van der Waals surface area contributed by atoms with E-state index in [0.717, 1.165) is 12.8 Å². The summed E-state index contributed by atoms with van der Waals surface area (Å²) in [5, 5.41) is 5.14. The van der Waals surface area contributed by atoms with Crippen LogP contribution in [0.2, 0.25) is 0 Å². The van der Waals surface area contributed by atoms with Crippen LogP contribution in [-0.2, 0) is 38.7 Å². The number of benzene rings is 10. The molecule has 0 amide bonds. The third-order valence-electron chi connectivity index (χ3n) is 13.7. The Morgan fingerprint density at radius 1 is 0.343 bits per heavy atom. The van der Waals surface area contributed by atoms with Gasteiger partial charge in [0.15, 0.2) is 0 Å². The van der Waals surface area contributed by atoms with Gasteiger partial charge in [0.25, 0.3) is 0 Å². The molecule has 0 saturated carbocycles. The maximum Gasteiger partial charge on any atom is 4.00 e. The fraction of sp³-hybridized carbons (Fsp3) is 0.125. The number of halogens is 2. The van der Waals surface area contributed by atoms with Crippen molar-refractivity contribution in [3.63, 3.8) is 0 Å². The zero-order valence-corrected chi connectivity index (χ0v) is 43.9. The summed E-state index contributed by atoms with van der Waals surface area (Å²) in [6.07, 6.45) is 1.89. The predicted octanol–water partition coefficient (Wildman–Crippen LogP) is 10.9. The van der Waals surface area contributed by atoms with Gasteiger partial charge in [-0.3, -0.25) is 0 Å². The van der Waals surface area contributed by atoms with Crippen molar-refractivity contribution in [3.8, 4) is 66.8 Å². The number of hydrogen-bond acceptors (Lipinski definition) is 0. The van der Waals surface area contributed by atoms with Crippen molar-refractivity contribution in [2.75, 3.05) is 0 Å². The Balaban J connectivity index is 0.000000174. The minimum Gasteiger partial charge on any atom is -1.00 e. The second kappa shape index (κ2) is 19.4. The summed E-state index contributed by atoms with van der Waals surface area (Å²) in [6.45, 7) is 13.2. The summed E-state index contributed by atoms with van der Waals surface area (Å²) >= 11 is 0. The van der Waals surface area contributed by atoms with E-state index in [1.54, 1.807) is 0 Å². The van der Waals surface area contributed by atoms with Crippen LogP contribution in [0.25, 0.3) is 88.3 Å². The standard InChI is InChI=1S/C33H21.C31H29.2ClH.Hf/c1-3-11-28-22(7-1)9-5-13-30(28)24-15-17-32-26(19-24)21-27-20-25(16-18-33(27)32)31-14-6-10-23-8-2-4-12-29(23)31;1-18-11-20(3)30(21(4)12-18)24-7-9-28-26(15-24)17-27-16-25(8-10-29(27)28)31-22(5)13-19(2)14-23(31)6;;;/h1-19H,21H2;7-15H,17H2,1-6H3;2*1H;/q2*-1;;;+4/p-2. The Bertz CT molecular complexity index is 3230. The molecule has 0 nitrogen and oxygen atoms in total. The van der Waals surface area contributed by atoms with Crippen LogP contribution in [0, 0.1) is 53.7 Å². The van der Waals surface area contributed by atoms with Crippen LogP contribution in [0.4, 0.5) is 0 Å². The Morgan fingerprint density at radius 3 is 1.33 bits per heavy atom. The quantitative estimate of drug-likeness (QED) is 0.122. The van der Waals surface area contributed by atoms with E-state index in [1.807, 2.05) is 0 Å². The average Bonchev–Trinajstić information content (AvgIpc) is 3.85. The van der Waals surface area contributed by atoms with E-state index in [1.165, 1.54) is 144 Å². The summed E-state index contributed by atoms with van der Waals surface area (Å²) in [6, 6.07) is 70.0. The third-order valence-corrected chi connectivity index (χ3v) is 13.7. The summed E-state index contributed by atoms with van der Waals surface area (Å²) in [4.78, 5) is 0. The number of rotatable bonds is 4. The van der Waals surface area contributed by atoms with Crippen LogP contribution in [0.1, 0.15) is 55.6 Å². The van der Waals surface area contributed by atoms with E-state index >= 15 is 0 Å².